The van der Waals surface area contributed by atoms with Gasteiger partial charge in [0.05, 0.1) is 0 Å². The highest BCUT2D eigenvalue weighted by Crippen LogP contribution is 2.30. The molecule has 2 aromatic rings. The summed E-state index contributed by atoms with van der Waals surface area (Å²) in [6.45, 7) is 2.25. The Morgan fingerprint density at radius 1 is 1.00 bits per heavy atom. The maximum Gasteiger partial charge on any atom is 0.0366 e. The van der Waals surface area contributed by atoms with Crippen molar-refractivity contribution in [3.63, 3.8) is 0 Å². The van der Waals surface area contributed by atoms with E-state index in [0.717, 1.165) is 18.8 Å². The molecule has 0 radical (unpaired) electrons. The molecule has 1 unspecified atom stereocenters. The number of para-hydroxylation sites is 1. The second-order valence-electron chi connectivity index (χ2n) is 5.29. The van der Waals surface area contributed by atoms with Gasteiger partial charge in [-0.15, -0.1) is 0 Å². The van der Waals surface area contributed by atoms with E-state index in [-0.39, 0.29) is 0 Å². The number of anilines is 2. The highest BCUT2D eigenvalue weighted by atomic mass is 15.1. The van der Waals surface area contributed by atoms with Crippen molar-refractivity contribution < 1.29 is 0 Å². The molecule has 1 atom stereocenters. The van der Waals surface area contributed by atoms with Crippen LogP contribution in [-0.2, 0) is 0 Å². The predicted molar refractivity (Wildman–Crippen MR) is 81.5 cm³/mol. The molecular formula is C17H20N2. The highest BCUT2D eigenvalue weighted by molar-refractivity contribution is 5.48. The molecule has 0 aromatic heterocycles. The molecule has 1 fully saturated rings. The number of nitrogen functional groups attached to an aromatic ring is 1. The molecule has 1 aliphatic heterocycles. The molecule has 2 N–H and O–H groups in total. The first-order valence-electron chi connectivity index (χ1n) is 6.98. The lowest BCUT2D eigenvalue weighted by Crippen LogP contribution is -2.34. The van der Waals surface area contributed by atoms with E-state index in [9.17, 15) is 0 Å². The molecule has 2 heteroatoms. The summed E-state index contributed by atoms with van der Waals surface area (Å²) >= 11 is 0. The van der Waals surface area contributed by atoms with Gasteiger partial charge in [-0.25, -0.2) is 0 Å². The van der Waals surface area contributed by atoms with Crippen LogP contribution in [0.1, 0.15) is 24.3 Å². The van der Waals surface area contributed by atoms with Gasteiger partial charge < -0.3 is 10.6 Å². The monoisotopic (exact) mass is 252 g/mol. The third-order valence-electron chi connectivity index (χ3n) is 3.92. The Morgan fingerprint density at radius 2 is 1.84 bits per heavy atom. The van der Waals surface area contributed by atoms with Crippen molar-refractivity contribution in [2.75, 3.05) is 23.7 Å². The SMILES string of the molecule is Nc1cccc(C2CCCN(c3ccccc3)C2)c1. The van der Waals surface area contributed by atoms with E-state index in [1.807, 2.05) is 6.07 Å². The van der Waals surface area contributed by atoms with E-state index < -0.39 is 0 Å². The highest BCUT2D eigenvalue weighted by Gasteiger charge is 2.21. The van der Waals surface area contributed by atoms with Crippen LogP contribution in [0.25, 0.3) is 0 Å². The standard InChI is InChI=1S/C17H20N2/c18-16-8-4-6-14(12-16)15-7-5-11-19(13-15)17-9-2-1-3-10-17/h1-4,6,8-10,12,15H,5,7,11,13,18H2. The molecule has 3 rings (SSSR count). The van der Waals surface area contributed by atoms with Crippen molar-refractivity contribution in [3.8, 4) is 0 Å². The van der Waals surface area contributed by atoms with Gasteiger partial charge >= 0.3 is 0 Å². The van der Waals surface area contributed by atoms with Crippen LogP contribution in [0.5, 0.6) is 0 Å². The molecule has 98 valence electrons. The van der Waals surface area contributed by atoms with E-state index in [1.54, 1.807) is 0 Å². The molecule has 0 bridgehead atoms. The molecule has 0 saturated carbocycles. The summed E-state index contributed by atoms with van der Waals surface area (Å²) in [5.74, 6) is 0.595. The smallest absolute Gasteiger partial charge is 0.0366 e. The summed E-state index contributed by atoms with van der Waals surface area (Å²) in [4.78, 5) is 2.48. The van der Waals surface area contributed by atoms with E-state index in [2.05, 4.69) is 53.4 Å². The molecule has 2 aromatic carbocycles. The van der Waals surface area contributed by atoms with Gasteiger partial charge in [-0.3, -0.25) is 0 Å². The summed E-state index contributed by atoms with van der Waals surface area (Å²) in [5, 5.41) is 0. The van der Waals surface area contributed by atoms with Gasteiger partial charge in [0.1, 0.15) is 0 Å². The van der Waals surface area contributed by atoms with Gasteiger partial charge in [-0.1, -0.05) is 30.3 Å². The third kappa shape index (κ3) is 2.73. The first-order chi connectivity index (χ1) is 9.33. The Kier molecular flexibility index (Phi) is 3.41. The quantitative estimate of drug-likeness (QED) is 0.827. The van der Waals surface area contributed by atoms with Crippen LogP contribution < -0.4 is 10.6 Å². The summed E-state index contributed by atoms with van der Waals surface area (Å²) in [6.07, 6.45) is 2.50. The van der Waals surface area contributed by atoms with Crippen LogP contribution in [0.2, 0.25) is 0 Å². The van der Waals surface area contributed by atoms with Gasteiger partial charge in [-0.05, 0) is 42.7 Å². The van der Waals surface area contributed by atoms with Gasteiger partial charge in [0, 0.05) is 30.4 Å². The number of hydrogen-bond acceptors (Lipinski definition) is 2. The van der Waals surface area contributed by atoms with Crippen LogP contribution >= 0.6 is 0 Å². The molecular weight excluding hydrogens is 232 g/mol. The van der Waals surface area contributed by atoms with Crippen molar-refractivity contribution in [3.05, 3.63) is 60.2 Å². The average molecular weight is 252 g/mol. The van der Waals surface area contributed by atoms with Gasteiger partial charge in [0.2, 0.25) is 0 Å². The second-order valence-corrected chi connectivity index (χ2v) is 5.29. The Morgan fingerprint density at radius 3 is 2.63 bits per heavy atom. The Labute approximate surface area is 114 Å². The minimum Gasteiger partial charge on any atom is -0.399 e. The van der Waals surface area contributed by atoms with E-state index in [4.69, 9.17) is 5.73 Å². The number of piperidine rings is 1. The summed E-state index contributed by atoms with van der Waals surface area (Å²) in [5.41, 5.74) is 9.47. The number of hydrogen-bond donors (Lipinski definition) is 1. The molecule has 0 aliphatic carbocycles. The lowest BCUT2D eigenvalue weighted by Gasteiger charge is -2.34. The molecule has 1 saturated heterocycles. The zero-order chi connectivity index (χ0) is 13.1. The van der Waals surface area contributed by atoms with Crippen LogP contribution in [0, 0.1) is 0 Å². The lowest BCUT2D eigenvalue weighted by atomic mass is 9.90. The molecule has 19 heavy (non-hydrogen) atoms. The van der Waals surface area contributed by atoms with Crippen molar-refractivity contribution >= 4 is 11.4 Å². The van der Waals surface area contributed by atoms with Gasteiger partial charge in [-0.2, -0.15) is 0 Å². The minimum absolute atomic E-state index is 0.595. The van der Waals surface area contributed by atoms with Crippen LogP contribution in [0.15, 0.2) is 54.6 Å². The lowest BCUT2D eigenvalue weighted by molar-refractivity contribution is 0.510. The van der Waals surface area contributed by atoms with Crippen molar-refractivity contribution in [1.29, 1.82) is 0 Å². The third-order valence-corrected chi connectivity index (χ3v) is 3.92. The number of benzene rings is 2. The molecule has 0 spiro atoms. The van der Waals surface area contributed by atoms with E-state index in [1.165, 1.54) is 24.1 Å². The molecule has 1 heterocycles. The normalized spacial score (nSPS) is 19.4. The number of nitrogens with zero attached hydrogens (tertiary/aromatic N) is 1. The largest absolute Gasteiger partial charge is 0.399 e. The van der Waals surface area contributed by atoms with Gasteiger partial charge in [0.25, 0.3) is 0 Å². The fourth-order valence-electron chi connectivity index (χ4n) is 2.94. The summed E-state index contributed by atoms with van der Waals surface area (Å²) in [6, 6.07) is 19.0. The van der Waals surface area contributed by atoms with E-state index >= 15 is 0 Å². The zero-order valence-electron chi connectivity index (χ0n) is 11.1. The van der Waals surface area contributed by atoms with Crippen molar-refractivity contribution in [2.45, 2.75) is 18.8 Å². The Balaban J connectivity index is 1.78. The first kappa shape index (κ1) is 12.1. The fraction of sp³-hybridized carbons (Fsp3) is 0.294. The number of rotatable bonds is 2. The first-order valence-corrected chi connectivity index (χ1v) is 6.98. The zero-order valence-corrected chi connectivity index (χ0v) is 11.1. The Bertz CT molecular complexity index is 536. The minimum atomic E-state index is 0.595. The fourth-order valence-corrected chi connectivity index (χ4v) is 2.94. The van der Waals surface area contributed by atoms with Crippen LogP contribution in [0.4, 0.5) is 11.4 Å². The van der Waals surface area contributed by atoms with Crippen molar-refractivity contribution in [1.82, 2.24) is 0 Å². The Hall–Kier alpha value is -1.96. The predicted octanol–water partition coefficient (Wildman–Crippen LogP) is 3.65. The van der Waals surface area contributed by atoms with Crippen LogP contribution in [0.3, 0.4) is 0 Å². The summed E-state index contributed by atoms with van der Waals surface area (Å²) in [7, 11) is 0. The maximum absolute atomic E-state index is 5.90. The second kappa shape index (κ2) is 5.35. The molecule has 1 aliphatic rings. The maximum atomic E-state index is 5.90. The summed E-state index contributed by atoms with van der Waals surface area (Å²) < 4.78 is 0. The molecule has 0 amide bonds. The van der Waals surface area contributed by atoms with Gasteiger partial charge in [0.15, 0.2) is 0 Å². The number of nitrogens with two attached hydrogens (primary N) is 1. The van der Waals surface area contributed by atoms with Crippen molar-refractivity contribution in [2.24, 2.45) is 0 Å². The van der Waals surface area contributed by atoms with E-state index in [0.29, 0.717) is 5.92 Å². The molecule has 2 nitrogen and oxygen atoms in total. The topological polar surface area (TPSA) is 29.3 Å². The average Bonchev–Trinajstić information content (AvgIpc) is 2.48. The van der Waals surface area contributed by atoms with Crippen LogP contribution in [-0.4, -0.2) is 13.1 Å².